The van der Waals surface area contributed by atoms with Crippen molar-refractivity contribution in [1.29, 1.82) is 0 Å². The van der Waals surface area contributed by atoms with Crippen molar-refractivity contribution in [1.82, 2.24) is 19.9 Å². The second-order valence-electron chi connectivity index (χ2n) is 5.35. The summed E-state index contributed by atoms with van der Waals surface area (Å²) in [4.78, 5) is 16.2. The van der Waals surface area contributed by atoms with Crippen LogP contribution in [0.1, 0.15) is 41.1 Å². The van der Waals surface area contributed by atoms with Crippen LogP contribution in [0.4, 0.5) is 0 Å². The van der Waals surface area contributed by atoms with E-state index >= 15 is 0 Å². The third-order valence-electron chi connectivity index (χ3n) is 3.56. The Morgan fingerprint density at radius 1 is 1.35 bits per heavy atom. The maximum atomic E-state index is 4.70. The molecule has 0 aromatic carbocycles. The zero-order valence-electron chi connectivity index (χ0n) is 12.1. The summed E-state index contributed by atoms with van der Waals surface area (Å²) in [6, 6.07) is 0. The van der Waals surface area contributed by atoms with Crippen LogP contribution in [0.15, 0.2) is 11.6 Å². The lowest BCUT2D eigenvalue weighted by atomic mass is 10.1. The molecule has 0 radical (unpaired) electrons. The van der Waals surface area contributed by atoms with Crippen LogP contribution in [0.2, 0.25) is 0 Å². The van der Waals surface area contributed by atoms with Gasteiger partial charge in [0, 0.05) is 54.5 Å². The van der Waals surface area contributed by atoms with E-state index in [9.17, 15) is 0 Å². The van der Waals surface area contributed by atoms with Crippen LogP contribution in [-0.2, 0) is 25.9 Å². The molecule has 5 heteroatoms. The quantitative estimate of drug-likeness (QED) is 0.867. The van der Waals surface area contributed by atoms with Gasteiger partial charge in [0.15, 0.2) is 0 Å². The Morgan fingerprint density at radius 2 is 2.25 bits per heavy atom. The Morgan fingerprint density at radius 3 is 3.00 bits per heavy atom. The number of fused-ring (bicyclic) bond motifs is 1. The van der Waals surface area contributed by atoms with E-state index in [-0.39, 0.29) is 0 Å². The van der Waals surface area contributed by atoms with Crippen LogP contribution in [0.5, 0.6) is 0 Å². The van der Waals surface area contributed by atoms with Gasteiger partial charge in [-0.25, -0.2) is 15.0 Å². The summed E-state index contributed by atoms with van der Waals surface area (Å²) in [5.41, 5.74) is 3.65. The van der Waals surface area contributed by atoms with E-state index in [1.54, 1.807) is 11.3 Å². The molecule has 20 heavy (non-hydrogen) atoms. The predicted molar refractivity (Wildman–Crippen MR) is 80.7 cm³/mol. The van der Waals surface area contributed by atoms with Gasteiger partial charge in [-0.15, -0.1) is 11.3 Å². The molecule has 0 bridgehead atoms. The van der Waals surface area contributed by atoms with E-state index in [1.807, 2.05) is 6.20 Å². The van der Waals surface area contributed by atoms with Crippen molar-refractivity contribution in [2.45, 2.75) is 46.2 Å². The molecule has 0 aliphatic carbocycles. The van der Waals surface area contributed by atoms with E-state index in [1.165, 1.54) is 16.3 Å². The number of hydrogen-bond donors (Lipinski definition) is 0. The van der Waals surface area contributed by atoms with Crippen molar-refractivity contribution in [3.05, 3.63) is 39.4 Å². The lowest BCUT2D eigenvalue weighted by Crippen LogP contribution is -2.31. The van der Waals surface area contributed by atoms with Gasteiger partial charge >= 0.3 is 0 Å². The molecular weight excluding hydrogens is 268 g/mol. The number of hydrogen-bond acceptors (Lipinski definition) is 5. The fourth-order valence-corrected chi connectivity index (χ4v) is 3.37. The normalized spacial score (nSPS) is 15.3. The van der Waals surface area contributed by atoms with Crippen molar-refractivity contribution in [2.24, 2.45) is 0 Å². The molecule has 0 amide bonds. The zero-order valence-corrected chi connectivity index (χ0v) is 12.9. The molecule has 0 N–H and O–H groups in total. The SMILES string of the molecule is CCCc1ncc2c(n1)CCN(Cc1nc(C)cs1)C2. The third kappa shape index (κ3) is 3.04. The van der Waals surface area contributed by atoms with Gasteiger partial charge in [0.25, 0.3) is 0 Å². The standard InChI is InChI=1S/C15H20N4S/c1-3-4-14-16-7-12-8-19(6-5-13(12)18-14)9-15-17-11(2)10-20-15/h7,10H,3-6,8-9H2,1-2H3. The molecule has 2 aromatic heterocycles. The van der Waals surface area contributed by atoms with Crippen molar-refractivity contribution in [3.63, 3.8) is 0 Å². The van der Waals surface area contributed by atoms with Crippen LogP contribution in [0.25, 0.3) is 0 Å². The second-order valence-corrected chi connectivity index (χ2v) is 6.29. The lowest BCUT2D eigenvalue weighted by molar-refractivity contribution is 0.242. The molecule has 0 saturated carbocycles. The first-order valence-corrected chi connectivity index (χ1v) is 8.09. The van der Waals surface area contributed by atoms with Gasteiger partial charge in [-0.05, 0) is 13.3 Å². The van der Waals surface area contributed by atoms with E-state index in [0.29, 0.717) is 0 Å². The topological polar surface area (TPSA) is 41.9 Å². The number of aryl methyl sites for hydroxylation is 2. The summed E-state index contributed by atoms with van der Waals surface area (Å²) >= 11 is 1.75. The second kappa shape index (κ2) is 5.97. The molecule has 0 spiro atoms. The Bertz CT molecular complexity index is 593. The predicted octanol–water partition coefficient (Wildman–Crippen LogP) is 2.75. The summed E-state index contributed by atoms with van der Waals surface area (Å²) in [5.74, 6) is 0.996. The van der Waals surface area contributed by atoms with Crippen molar-refractivity contribution in [3.8, 4) is 0 Å². The maximum absolute atomic E-state index is 4.70. The monoisotopic (exact) mass is 288 g/mol. The number of thiazole rings is 1. The molecule has 3 heterocycles. The first kappa shape index (κ1) is 13.6. The van der Waals surface area contributed by atoms with Crippen molar-refractivity contribution >= 4 is 11.3 Å². The molecule has 1 aliphatic heterocycles. The Hall–Kier alpha value is -1.33. The molecule has 1 aliphatic rings. The van der Waals surface area contributed by atoms with Gasteiger partial charge in [-0.1, -0.05) is 6.92 Å². The summed E-state index contributed by atoms with van der Waals surface area (Å²) in [5, 5.41) is 3.32. The maximum Gasteiger partial charge on any atom is 0.128 e. The van der Waals surface area contributed by atoms with Gasteiger partial charge in [0.1, 0.15) is 10.8 Å². The molecule has 3 rings (SSSR count). The average molecular weight is 288 g/mol. The molecule has 0 unspecified atom stereocenters. The van der Waals surface area contributed by atoms with Crippen LogP contribution >= 0.6 is 11.3 Å². The number of aromatic nitrogens is 3. The third-order valence-corrected chi connectivity index (χ3v) is 4.51. The van der Waals surface area contributed by atoms with Gasteiger partial charge < -0.3 is 0 Å². The molecule has 2 aromatic rings. The lowest BCUT2D eigenvalue weighted by Gasteiger charge is -2.27. The Labute approximate surface area is 123 Å². The van der Waals surface area contributed by atoms with Gasteiger partial charge in [0.2, 0.25) is 0 Å². The van der Waals surface area contributed by atoms with E-state index in [0.717, 1.165) is 50.4 Å². The largest absolute Gasteiger partial charge is 0.292 e. The fourth-order valence-electron chi connectivity index (χ4n) is 2.56. The molecule has 106 valence electrons. The van der Waals surface area contributed by atoms with Crippen molar-refractivity contribution in [2.75, 3.05) is 6.54 Å². The molecule has 0 saturated heterocycles. The Balaban J connectivity index is 1.69. The van der Waals surface area contributed by atoms with Crippen LogP contribution < -0.4 is 0 Å². The minimum Gasteiger partial charge on any atom is -0.292 e. The van der Waals surface area contributed by atoms with Crippen LogP contribution in [0, 0.1) is 6.92 Å². The average Bonchev–Trinajstić information content (AvgIpc) is 2.85. The highest BCUT2D eigenvalue weighted by Gasteiger charge is 2.19. The molecule has 0 fully saturated rings. The molecular formula is C15H20N4S. The smallest absolute Gasteiger partial charge is 0.128 e. The van der Waals surface area contributed by atoms with Crippen LogP contribution in [0.3, 0.4) is 0 Å². The Kier molecular flexibility index (Phi) is 4.08. The van der Waals surface area contributed by atoms with Crippen LogP contribution in [-0.4, -0.2) is 26.4 Å². The summed E-state index contributed by atoms with van der Waals surface area (Å²) in [6.45, 7) is 7.17. The van der Waals surface area contributed by atoms with Gasteiger partial charge in [-0.2, -0.15) is 0 Å². The molecule has 0 atom stereocenters. The highest BCUT2D eigenvalue weighted by molar-refractivity contribution is 7.09. The minimum absolute atomic E-state index is 0.939. The minimum atomic E-state index is 0.939. The summed E-state index contributed by atoms with van der Waals surface area (Å²) in [6.07, 6.45) is 5.13. The fraction of sp³-hybridized carbons (Fsp3) is 0.533. The highest BCUT2D eigenvalue weighted by Crippen LogP contribution is 2.20. The molecule has 4 nitrogen and oxygen atoms in total. The van der Waals surface area contributed by atoms with Crippen molar-refractivity contribution < 1.29 is 0 Å². The zero-order chi connectivity index (χ0) is 13.9. The van der Waals surface area contributed by atoms with E-state index in [4.69, 9.17) is 4.98 Å². The van der Waals surface area contributed by atoms with E-state index < -0.39 is 0 Å². The van der Waals surface area contributed by atoms with E-state index in [2.05, 4.69) is 34.1 Å². The first-order chi connectivity index (χ1) is 9.74. The van der Waals surface area contributed by atoms with Gasteiger partial charge in [-0.3, -0.25) is 4.90 Å². The summed E-state index contributed by atoms with van der Waals surface area (Å²) in [7, 11) is 0. The van der Waals surface area contributed by atoms with Gasteiger partial charge in [0.05, 0.1) is 6.54 Å². The highest BCUT2D eigenvalue weighted by atomic mass is 32.1. The first-order valence-electron chi connectivity index (χ1n) is 7.21. The summed E-state index contributed by atoms with van der Waals surface area (Å²) < 4.78 is 0. The number of rotatable bonds is 4. The number of nitrogens with zero attached hydrogens (tertiary/aromatic N) is 4.